The fourth-order valence-electron chi connectivity index (χ4n) is 7.55. The van der Waals surface area contributed by atoms with E-state index in [1.54, 1.807) is 27.1 Å². The molecule has 6 rings (SSSR count). The number of nitrogens with zero attached hydrogens (tertiary/aromatic N) is 5. The minimum absolute atomic E-state index is 0.0953. The second-order valence-corrected chi connectivity index (χ2v) is 15.7. The predicted molar refractivity (Wildman–Crippen MR) is 223 cm³/mol. The minimum atomic E-state index is -0.814. The smallest absolute Gasteiger partial charge is 0.407 e. The van der Waals surface area contributed by atoms with Gasteiger partial charge in [-0.05, 0) is 60.1 Å². The first kappa shape index (κ1) is 43.0. The van der Waals surface area contributed by atoms with E-state index in [-0.39, 0.29) is 48.7 Å². The molecule has 316 valence electrons. The van der Waals surface area contributed by atoms with Gasteiger partial charge in [0, 0.05) is 44.2 Å². The molecule has 0 spiro atoms. The van der Waals surface area contributed by atoms with Crippen LogP contribution in [0.15, 0.2) is 60.9 Å². The number of rotatable bonds is 10. The number of H-pyrrole nitrogens is 2. The van der Waals surface area contributed by atoms with E-state index in [2.05, 4.69) is 42.4 Å². The zero-order valence-electron chi connectivity index (χ0n) is 35.1. The van der Waals surface area contributed by atoms with E-state index in [4.69, 9.17) is 9.47 Å². The van der Waals surface area contributed by atoms with Crippen molar-refractivity contribution in [3.63, 3.8) is 0 Å². The molecule has 2 aliphatic heterocycles. The number of likely N-dealkylation sites (tertiary alicyclic amines) is 1. The Morgan fingerprint density at radius 3 is 1.57 bits per heavy atom. The molecule has 4 aromatic rings. The minimum Gasteiger partial charge on any atom is -0.453 e. The number of piperazine rings is 1. The van der Waals surface area contributed by atoms with E-state index in [9.17, 15) is 24.0 Å². The molecule has 2 aliphatic rings. The molecule has 4 atom stereocenters. The fourth-order valence-corrected chi connectivity index (χ4v) is 7.55. The predicted octanol–water partition coefficient (Wildman–Crippen LogP) is 5.02. The Balaban J connectivity index is 1.11. The lowest BCUT2D eigenvalue weighted by Crippen LogP contribution is -2.58. The molecule has 5 amide bonds. The van der Waals surface area contributed by atoms with Gasteiger partial charge in [-0.2, -0.15) is 0 Å². The Morgan fingerprint density at radius 2 is 1.13 bits per heavy atom. The van der Waals surface area contributed by atoms with Crippen molar-refractivity contribution in [1.82, 2.24) is 45.3 Å². The topological polar surface area (TPSA) is 195 Å². The van der Waals surface area contributed by atoms with Crippen molar-refractivity contribution in [2.75, 3.05) is 40.4 Å². The van der Waals surface area contributed by atoms with Gasteiger partial charge in [0.2, 0.25) is 17.7 Å². The fraction of sp³-hybridized carbons (Fsp3) is 0.432. The number of hydrogen-bond donors (Lipinski definition) is 4. The number of benzene rings is 2. The van der Waals surface area contributed by atoms with Crippen LogP contribution in [0, 0.1) is 23.7 Å². The maximum Gasteiger partial charge on any atom is 0.407 e. The first-order valence-electron chi connectivity index (χ1n) is 20.2. The lowest BCUT2D eigenvalue weighted by atomic mass is 10.0. The first-order valence-corrected chi connectivity index (χ1v) is 20.2. The van der Waals surface area contributed by atoms with Gasteiger partial charge in [-0.15, -0.1) is 0 Å². The molecule has 16 heteroatoms. The number of carbonyl (C=O) groups excluding carboxylic acids is 5. The molecular formula is C44H53N9O7. The molecule has 0 radical (unpaired) electrons. The summed E-state index contributed by atoms with van der Waals surface area (Å²) < 4.78 is 9.51. The molecular weight excluding hydrogens is 767 g/mol. The molecule has 0 bridgehead atoms. The third-order valence-electron chi connectivity index (χ3n) is 11.0. The van der Waals surface area contributed by atoms with E-state index >= 15 is 0 Å². The normalized spacial score (nSPS) is 17.4. The highest BCUT2D eigenvalue weighted by Gasteiger charge is 2.40. The van der Waals surface area contributed by atoms with Crippen LogP contribution in [0.1, 0.15) is 82.3 Å². The number of hydrogen-bond acceptors (Lipinski definition) is 9. The van der Waals surface area contributed by atoms with E-state index in [0.717, 1.165) is 46.5 Å². The quantitative estimate of drug-likeness (QED) is 0.159. The molecule has 0 saturated carbocycles. The van der Waals surface area contributed by atoms with E-state index in [1.807, 2.05) is 76.2 Å². The number of carbonyl (C=O) groups is 5. The highest BCUT2D eigenvalue weighted by atomic mass is 16.5. The molecule has 2 fully saturated rings. The SMILES string of the molecule is COC(=O)N[C@H](C(=O)N1CCC[C@H]1c1ncc(-c2ccc(C#Cc3ccc(-c4cnc([C@@H]5CN(C(C)=O)CCN5C(=O)[C@@H](NC(=O)OC)C(C)C)[nH]4)cc3)cc2)[nH]1)C(C)C. The largest absolute Gasteiger partial charge is 0.453 e. The van der Waals surface area contributed by atoms with Crippen LogP contribution in [-0.2, 0) is 23.9 Å². The molecule has 0 aliphatic carbocycles. The lowest BCUT2D eigenvalue weighted by molar-refractivity contribution is -0.144. The first-order chi connectivity index (χ1) is 28.8. The van der Waals surface area contributed by atoms with Crippen LogP contribution in [0.2, 0.25) is 0 Å². The zero-order chi connectivity index (χ0) is 43.1. The Kier molecular flexibility index (Phi) is 13.6. The van der Waals surface area contributed by atoms with Gasteiger partial charge in [-0.25, -0.2) is 19.6 Å². The van der Waals surface area contributed by atoms with Crippen LogP contribution < -0.4 is 10.6 Å². The van der Waals surface area contributed by atoms with Crippen LogP contribution in [0.4, 0.5) is 9.59 Å². The van der Waals surface area contributed by atoms with Crippen LogP contribution in [0.25, 0.3) is 22.5 Å². The number of alkyl carbamates (subject to hydrolysis) is 2. The number of aromatic nitrogens is 4. The van der Waals surface area contributed by atoms with Gasteiger partial charge in [-0.3, -0.25) is 14.4 Å². The van der Waals surface area contributed by atoms with Gasteiger partial charge < -0.3 is 44.8 Å². The van der Waals surface area contributed by atoms with Crippen LogP contribution in [0.3, 0.4) is 0 Å². The van der Waals surface area contributed by atoms with Crippen molar-refractivity contribution >= 4 is 29.9 Å². The number of aromatic amines is 2. The summed E-state index contributed by atoms with van der Waals surface area (Å²) in [5.74, 6) is 6.84. The van der Waals surface area contributed by atoms with Gasteiger partial charge in [0.1, 0.15) is 29.8 Å². The summed E-state index contributed by atoms with van der Waals surface area (Å²) in [6, 6.07) is 13.3. The molecule has 0 unspecified atom stereocenters. The van der Waals surface area contributed by atoms with Crippen molar-refractivity contribution in [2.45, 2.75) is 71.6 Å². The number of amides is 5. The summed E-state index contributed by atoms with van der Waals surface area (Å²) in [5.41, 5.74) is 5.01. The van der Waals surface area contributed by atoms with Gasteiger partial charge >= 0.3 is 12.2 Å². The molecule has 2 aromatic heterocycles. The van der Waals surface area contributed by atoms with Gasteiger partial charge in [0.05, 0.1) is 44.0 Å². The number of imidazole rings is 2. The average molecular weight is 820 g/mol. The molecule has 4 N–H and O–H groups in total. The summed E-state index contributed by atoms with van der Waals surface area (Å²) >= 11 is 0. The van der Waals surface area contributed by atoms with Crippen molar-refractivity contribution in [3.05, 3.63) is 83.7 Å². The summed E-state index contributed by atoms with van der Waals surface area (Å²) in [5, 5.41) is 5.34. The Labute approximate surface area is 349 Å². The van der Waals surface area contributed by atoms with Crippen molar-refractivity contribution < 1.29 is 33.4 Å². The van der Waals surface area contributed by atoms with Crippen molar-refractivity contribution in [2.24, 2.45) is 11.8 Å². The van der Waals surface area contributed by atoms with E-state index < -0.39 is 30.3 Å². The second kappa shape index (κ2) is 19.0. The summed E-state index contributed by atoms with van der Waals surface area (Å²) in [7, 11) is 2.53. The number of ether oxygens (including phenoxy) is 2. The van der Waals surface area contributed by atoms with E-state index in [0.29, 0.717) is 24.7 Å². The maximum absolute atomic E-state index is 13.8. The van der Waals surface area contributed by atoms with Gasteiger partial charge in [0.25, 0.3) is 0 Å². The number of nitrogens with one attached hydrogen (secondary N) is 4. The van der Waals surface area contributed by atoms with Gasteiger partial charge in [0.15, 0.2) is 0 Å². The lowest BCUT2D eigenvalue weighted by Gasteiger charge is -2.42. The Bertz CT molecular complexity index is 2240. The number of methoxy groups -OCH3 is 2. The standard InChI is InChI=1S/C44H53N9O7/c1-26(2)37(49-43(57)59-6)41(55)52-20-8-9-35(52)39-45-23-33(47-39)31-16-12-29(13-17-31)10-11-30-14-18-32(19-15-30)34-24-46-40(48-34)36-25-51(28(5)54)21-22-53(36)42(56)38(27(3)4)50-44(58)60-7/h12-19,23-24,26-27,35-38H,8-9,20-22,25H2,1-7H3,(H,45,47)(H,46,48)(H,49,57)(H,50,58)/t35-,36-,37-,38-/m0/s1. The zero-order valence-corrected chi connectivity index (χ0v) is 35.1. The Morgan fingerprint density at radius 1 is 0.683 bits per heavy atom. The molecule has 16 nitrogen and oxygen atoms in total. The van der Waals surface area contributed by atoms with Crippen molar-refractivity contribution in [3.8, 4) is 34.4 Å². The van der Waals surface area contributed by atoms with Gasteiger partial charge in [-0.1, -0.05) is 63.8 Å². The third-order valence-corrected chi connectivity index (χ3v) is 11.0. The summed E-state index contributed by atoms with van der Waals surface area (Å²) in [6.07, 6.45) is 3.75. The summed E-state index contributed by atoms with van der Waals surface area (Å²) in [4.78, 5) is 84.9. The molecule has 2 saturated heterocycles. The van der Waals surface area contributed by atoms with E-state index in [1.165, 1.54) is 21.1 Å². The average Bonchev–Trinajstić information content (AvgIpc) is 4.05. The summed E-state index contributed by atoms with van der Waals surface area (Å²) in [6.45, 7) is 10.5. The maximum atomic E-state index is 13.8. The molecule has 2 aromatic carbocycles. The van der Waals surface area contributed by atoms with Crippen LogP contribution in [0.5, 0.6) is 0 Å². The van der Waals surface area contributed by atoms with Crippen LogP contribution in [-0.4, -0.2) is 117 Å². The third kappa shape index (κ3) is 9.79. The highest BCUT2D eigenvalue weighted by Crippen LogP contribution is 2.33. The van der Waals surface area contributed by atoms with Crippen LogP contribution >= 0.6 is 0 Å². The monoisotopic (exact) mass is 819 g/mol. The molecule has 60 heavy (non-hydrogen) atoms. The highest BCUT2D eigenvalue weighted by molar-refractivity contribution is 5.87. The van der Waals surface area contributed by atoms with Crippen molar-refractivity contribution in [1.29, 1.82) is 0 Å². The second-order valence-electron chi connectivity index (χ2n) is 15.7. The molecule has 4 heterocycles. The Hall–Kier alpha value is -6.63.